The third-order valence-electron chi connectivity index (χ3n) is 3.84. The van der Waals surface area contributed by atoms with E-state index in [9.17, 15) is 4.79 Å². The summed E-state index contributed by atoms with van der Waals surface area (Å²) < 4.78 is 5.93. The number of hydrogen-bond acceptors (Lipinski definition) is 3. The van der Waals surface area contributed by atoms with Crippen LogP contribution in [0.2, 0.25) is 0 Å². The highest BCUT2D eigenvalue weighted by molar-refractivity contribution is 5.76. The number of rotatable bonds is 3. The summed E-state index contributed by atoms with van der Waals surface area (Å²) in [6.07, 6.45) is 5.26. The van der Waals surface area contributed by atoms with E-state index in [4.69, 9.17) is 10.00 Å². The molecule has 0 spiro atoms. The van der Waals surface area contributed by atoms with Gasteiger partial charge in [0.15, 0.2) is 0 Å². The summed E-state index contributed by atoms with van der Waals surface area (Å²) in [5.74, 6) is 0.595. The minimum atomic E-state index is 0.183. The van der Waals surface area contributed by atoms with E-state index >= 15 is 0 Å². The predicted molar refractivity (Wildman–Crippen MR) is 73.2 cm³/mol. The lowest BCUT2D eigenvalue weighted by molar-refractivity contribution is 0.0985. The molecule has 1 aliphatic carbocycles. The molecule has 19 heavy (non-hydrogen) atoms. The van der Waals surface area contributed by atoms with Gasteiger partial charge in [-0.1, -0.05) is 13.8 Å². The van der Waals surface area contributed by atoms with Crippen LogP contribution >= 0.6 is 0 Å². The van der Waals surface area contributed by atoms with Crippen molar-refractivity contribution in [3.05, 3.63) is 29.3 Å². The first-order valence-electron chi connectivity index (χ1n) is 6.70. The van der Waals surface area contributed by atoms with E-state index in [1.165, 1.54) is 0 Å². The third-order valence-corrected chi connectivity index (χ3v) is 3.84. The van der Waals surface area contributed by atoms with Gasteiger partial charge in [0, 0.05) is 5.56 Å². The van der Waals surface area contributed by atoms with Crippen LogP contribution in [0.25, 0.3) is 0 Å². The minimum absolute atomic E-state index is 0.183. The van der Waals surface area contributed by atoms with Gasteiger partial charge in [0.1, 0.15) is 18.1 Å². The van der Waals surface area contributed by atoms with Crippen LogP contribution in [0, 0.1) is 16.7 Å². The lowest BCUT2D eigenvalue weighted by Gasteiger charge is -2.34. The van der Waals surface area contributed by atoms with E-state index in [1.807, 2.05) is 0 Å². The van der Waals surface area contributed by atoms with Gasteiger partial charge < -0.3 is 4.74 Å². The SMILES string of the molecule is CC1(C)CCC(Oc2ccc(C=O)cc2C#N)CC1. The maximum Gasteiger partial charge on any atom is 0.150 e. The quantitative estimate of drug-likeness (QED) is 0.775. The van der Waals surface area contributed by atoms with Gasteiger partial charge >= 0.3 is 0 Å². The van der Waals surface area contributed by atoms with E-state index in [-0.39, 0.29) is 6.10 Å². The van der Waals surface area contributed by atoms with Crippen molar-refractivity contribution in [2.75, 3.05) is 0 Å². The number of aldehydes is 1. The zero-order valence-corrected chi connectivity index (χ0v) is 11.5. The monoisotopic (exact) mass is 257 g/mol. The van der Waals surface area contributed by atoms with Gasteiger partial charge in [-0.3, -0.25) is 4.79 Å². The van der Waals surface area contributed by atoms with Crippen molar-refractivity contribution in [2.24, 2.45) is 5.41 Å². The van der Waals surface area contributed by atoms with Crippen molar-refractivity contribution in [1.82, 2.24) is 0 Å². The van der Waals surface area contributed by atoms with Gasteiger partial charge in [-0.05, 0) is 49.3 Å². The first-order valence-corrected chi connectivity index (χ1v) is 6.70. The molecule has 1 saturated carbocycles. The average molecular weight is 257 g/mol. The number of hydrogen-bond donors (Lipinski definition) is 0. The Hall–Kier alpha value is -1.82. The summed E-state index contributed by atoms with van der Waals surface area (Å²) in [4.78, 5) is 10.7. The Morgan fingerprint density at radius 2 is 2.05 bits per heavy atom. The summed E-state index contributed by atoms with van der Waals surface area (Å²) in [6.45, 7) is 4.56. The summed E-state index contributed by atoms with van der Waals surface area (Å²) in [5.41, 5.74) is 1.35. The molecule has 3 nitrogen and oxygen atoms in total. The fourth-order valence-electron chi connectivity index (χ4n) is 2.48. The topological polar surface area (TPSA) is 50.1 Å². The largest absolute Gasteiger partial charge is 0.489 e. The Bertz CT molecular complexity index is 504. The molecule has 1 aromatic carbocycles. The minimum Gasteiger partial charge on any atom is -0.489 e. The van der Waals surface area contributed by atoms with Crippen LogP contribution in [0.1, 0.15) is 55.5 Å². The molecule has 0 atom stereocenters. The van der Waals surface area contributed by atoms with Gasteiger partial charge in [0.05, 0.1) is 11.7 Å². The molecule has 1 aromatic rings. The number of ether oxygens (including phenoxy) is 1. The maximum absolute atomic E-state index is 10.7. The van der Waals surface area contributed by atoms with Crippen LogP contribution < -0.4 is 4.74 Å². The lowest BCUT2D eigenvalue weighted by Crippen LogP contribution is -2.28. The van der Waals surface area contributed by atoms with Crippen LogP contribution in [0.5, 0.6) is 5.75 Å². The van der Waals surface area contributed by atoms with Crippen molar-refractivity contribution >= 4 is 6.29 Å². The highest BCUT2D eigenvalue weighted by Gasteiger charge is 2.28. The van der Waals surface area contributed by atoms with Crippen LogP contribution in [-0.2, 0) is 0 Å². The second-order valence-corrected chi connectivity index (χ2v) is 5.97. The van der Waals surface area contributed by atoms with Crippen molar-refractivity contribution in [3.8, 4) is 11.8 Å². The fourth-order valence-corrected chi connectivity index (χ4v) is 2.48. The summed E-state index contributed by atoms with van der Waals surface area (Å²) in [6, 6.07) is 7.09. The summed E-state index contributed by atoms with van der Waals surface area (Å²) in [7, 11) is 0. The van der Waals surface area contributed by atoms with E-state index < -0.39 is 0 Å². The van der Waals surface area contributed by atoms with E-state index in [0.717, 1.165) is 32.0 Å². The second kappa shape index (κ2) is 5.44. The molecule has 1 aliphatic rings. The molecule has 0 aromatic heterocycles. The van der Waals surface area contributed by atoms with Crippen molar-refractivity contribution < 1.29 is 9.53 Å². The molecule has 0 bridgehead atoms. The van der Waals surface area contributed by atoms with Crippen LogP contribution in [-0.4, -0.2) is 12.4 Å². The Kier molecular flexibility index (Phi) is 3.90. The first-order chi connectivity index (χ1) is 9.04. The van der Waals surface area contributed by atoms with Crippen LogP contribution in [0.4, 0.5) is 0 Å². The van der Waals surface area contributed by atoms with Crippen LogP contribution in [0.15, 0.2) is 18.2 Å². The Labute approximate surface area is 114 Å². The normalized spacial score (nSPS) is 18.6. The maximum atomic E-state index is 10.7. The molecule has 100 valence electrons. The zero-order chi connectivity index (χ0) is 13.9. The molecule has 0 unspecified atom stereocenters. The van der Waals surface area contributed by atoms with Crippen molar-refractivity contribution in [1.29, 1.82) is 5.26 Å². The zero-order valence-electron chi connectivity index (χ0n) is 11.5. The molecule has 1 fully saturated rings. The van der Waals surface area contributed by atoms with Gasteiger partial charge in [-0.2, -0.15) is 5.26 Å². The average Bonchev–Trinajstić information content (AvgIpc) is 2.41. The third kappa shape index (κ3) is 3.35. The molecule has 0 saturated heterocycles. The van der Waals surface area contributed by atoms with E-state index in [1.54, 1.807) is 18.2 Å². The summed E-state index contributed by atoms with van der Waals surface area (Å²) >= 11 is 0. The molecule has 0 N–H and O–H groups in total. The van der Waals surface area contributed by atoms with Gasteiger partial charge in [0.25, 0.3) is 0 Å². The fraction of sp³-hybridized carbons (Fsp3) is 0.500. The predicted octanol–water partition coefficient (Wildman–Crippen LogP) is 3.72. The number of carbonyl (C=O) groups is 1. The van der Waals surface area contributed by atoms with E-state index in [2.05, 4.69) is 19.9 Å². The first kappa shape index (κ1) is 13.6. The molecule has 0 heterocycles. The highest BCUT2D eigenvalue weighted by atomic mass is 16.5. The Morgan fingerprint density at radius 3 is 2.63 bits per heavy atom. The van der Waals surface area contributed by atoms with E-state index in [0.29, 0.717) is 22.3 Å². The second-order valence-electron chi connectivity index (χ2n) is 5.97. The highest BCUT2D eigenvalue weighted by Crippen LogP contribution is 2.37. The van der Waals surface area contributed by atoms with Crippen LogP contribution in [0.3, 0.4) is 0 Å². The molecular weight excluding hydrogens is 238 g/mol. The number of nitrogens with zero attached hydrogens (tertiary/aromatic N) is 1. The molecule has 0 amide bonds. The molecule has 3 heteroatoms. The molecule has 2 rings (SSSR count). The number of benzene rings is 1. The molecule has 0 radical (unpaired) electrons. The number of nitriles is 1. The number of carbonyl (C=O) groups excluding carboxylic acids is 1. The van der Waals surface area contributed by atoms with Gasteiger partial charge in [0.2, 0.25) is 0 Å². The van der Waals surface area contributed by atoms with Gasteiger partial charge in [-0.25, -0.2) is 0 Å². The van der Waals surface area contributed by atoms with Crippen molar-refractivity contribution in [2.45, 2.75) is 45.6 Å². The Morgan fingerprint density at radius 1 is 1.37 bits per heavy atom. The lowest BCUT2D eigenvalue weighted by atomic mass is 9.76. The standard InChI is InChI=1S/C16H19NO2/c1-16(2)7-5-14(6-8-16)19-15-4-3-12(11-18)9-13(15)10-17/h3-4,9,11,14H,5-8H2,1-2H3. The Balaban J connectivity index is 2.08. The summed E-state index contributed by atoms with van der Waals surface area (Å²) in [5, 5.41) is 9.11. The van der Waals surface area contributed by atoms with Crippen molar-refractivity contribution in [3.63, 3.8) is 0 Å². The molecular formula is C16H19NO2. The smallest absolute Gasteiger partial charge is 0.150 e. The molecule has 0 aliphatic heterocycles. The van der Waals surface area contributed by atoms with Gasteiger partial charge in [-0.15, -0.1) is 0 Å².